The molecule has 4 nitrogen and oxygen atoms in total. The van der Waals surface area contributed by atoms with Gasteiger partial charge in [0.1, 0.15) is 12.3 Å². The largest absolute Gasteiger partial charge is 0.389 e. The van der Waals surface area contributed by atoms with Gasteiger partial charge in [0, 0.05) is 0 Å². The Bertz CT molecular complexity index is 121. The van der Waals surface area contributed by atoms with Crippen LogP contribution in [0.2, 0.25) is 0 Å². The van der Waals surface area contributed by atoms with E-state index in [1.807, 2.05) is 0 Å². The molecule has 59 valence electrons. The topological polar surface area (TPSA) is 75.7 Å². The highest BCUT2D eigenvalue weighted by Crippen LogP contribution is 2.22. The minimum atomic E-state index is -1.15. The Balaban J connectivity index is 2.49. The van der Waals surface area contributed by atoms with E-state index in [0.717, 1.165) is 0 Å². The van der Waals surface area contributed by atoms with E-state index < -0.39 is 18.4 Å². The van der Waals surface area contributed by atoms with Gasteiger partial charge in [0.2, 0.25) is 0 Å². The lowest BCUT2D eigenvalue weighted by Gasteiger charge is -2.16. The van der Waals surface area contributed by atoms with E-state index in [1.54, 1.807) is 0 Å². The average Bonchev–Trinajstić information content (AvgIpc) is 2.14. The highest BCUT2D eigenvalue weighted by atomic mass is 32.1. The molecule has 0 aromatic carbocycles. The predicted molar refractivity (Wildman–Crippen MR) is 38.1 cm³/mol. The standard InChI is InChI=1S/C5H10NO3S/c6-5(8)4-3(7)2(10)1-9-4/h1-5,7-8,10H,6H2/t2-,3+,4+,5?/m1/s1. The van der Waals surface area contributed by atoms with Crippen molar-refractivity contribution in [2.24, 2.45) is 5.73 Å². The first-order valence-electron chi connectivity index (χ1n) is 2.91. The van der Waals surface area contributed by atoms with E-state index in [0.29, 0.717) is 0 Å². The smallest absolute Gasteiger partial charge is 0.131 e. The summed E-state index contributed by atoms with van der Waals surface area (Å²) in [5.74, 6) is 0. The Morgan fingerprint density at radius 3 is 2.50 bits per heavy atom. The molecule has 1 rings (SSSR count). The van der Waals surface area contributed by atoms with Gasteiger partial charge in [0.05, 0.1) is 18.0 Å². The second-order valence-corrected chi connectivity index (χ2v) is 2.80. The number of rotatable bonds is 1. The normalized spacial score (nSPS) is 43.8. The number of hydrogen-bond donors (Lipinski definition) is 4. The summed E-state index contributed by atoms with van der Waals surface area (Å²) in [6, 6.07) is 0. The zero-order valence-corrected chi connectivity index (χ0v) is 6.11. The van der Waals surface area contributed by atoms with Crippen molar-refractivity contribution in [3.05, 3.63) is 6.61 Å². The third-order valence-electron chi connectivity index (χ3n) is 1.40. The van der Waals surface area contributed by atoms with Gasteiger partial charge in [-0.15, -0.1) is 0 Å². The van der Waals surface area contributed by atoms with Crippen molar-refractivity contribution in [3.8, 4) is 0 Å². The summed E-state index contributed by atoms with van der Waals surface area (Å²) in [4.78, 5) is 0. The molecule has 5 heteroatoms. The molecule has 0 aliphatic carbocycles. The van der Waals surface area contributed by atoms with Gasteiger partial charge in [0.15, 0.2) is 0 Å². The van der Waals surface area contributed by atoms with Crippen LogP contribution in [0, 0.1) is 6.61 Å². The summed E-state index contributed by atoms with van der Waals surface area (Å²) in [5, 5.41) is 17.6. The number of ether oxygens (including phenoxy) is 1. The number of hydrogen-bond acceptors (Lipinski definition) is 5. The van der Waals surface area contributed by atoms with Crippen LogP contribution in [-0.2, 0) is 4.74 Å². The van der Waals surface area contributed by atoms with Gasteiger partial charge in [0.25, 0.3) is 0 Å². The Labute approximate surface area is 64.4 Å². The number of nitrogens with two attached hydrogens (primary N) is 1. The van der Waals surface area contributed by atoms with E-state index >= 15 is 0 Å². The second kappa shape index (κ2) is 3.06. The minimum Gasteiger partial charge on any atom is -0.389 e. The summed E-state index contributed by atoms with van der Waals surface area (Å²) >= 11 is 3.94. The van der Waals surface area contributed by atoms with Crippen LogP contribution >= 0.6 is 12.6 Å². The maximum absolute atomic E-state index is 9.16. The van der Waals surface area contributed by atoms with Crippen molar-refractivity contribution in [3.63, 3.8) is 0 Å². The van der Waals surface area contributed by atoms with Crippen LogP contribution < -0.4 is 5.73 Å². The number of thiol groups is 1. The van der Waals surface area contributed by atoms with Gasteiger partial charge in [-0.25, -0.2) is 0 Å². The number of aliphatic hydroxyl groups excluding tert-OH is 2. The lowest BCUT2D eigenvalue weighted by molar-refractivity contribution is -0.0309. The summed E-state index contributed by atoms with van der Waals surface area (Å²) in [5.41, 5.74) is 5.07. The molecule has 1 saturated heterocycles. The second-order valence-electron chi connectivity index (χ2n) is 2.21. The molecule has 4 atom stereocenters. The quantitative estimate of drug-likeness (QED) is 0.280. The summed E-state index contributed by atoms with van der Waals surface area (Å²) in [6.07, 6.45) is -2.70. The molecule has 0 amide bonds. The molecular weight excluding hydrogens is 154 g/mol. The SMILES string of the molecule is NC(O)[C@H]1O[CH][C@@H](S)[C@@H]1O. The maximum atomic E-state index is 9.16. The monoisotopic (exact) mass is 164 g/mol. The number of aliphatic hydroxyl groups is 2. The van der Waals surface area contributed by atoms with E-state index in [2.05, 4.69) is 12.6 Å². The first-order chi connectivity index (χ1) is 4.63. The van der Waals surface area contributed by atoms with Crippen LogP contribution in [0.15, 0.2) is 0 Å². The van der Waals surface area contributed by atoms with Gasteiger partial charge < -0.3 is 20.7 Å². The fraction of sp³-hybridized carbons (Fsp3) is 0.800. The molecule has 1 aliphatic heterocycles. The van der Waals surface area contributed by atoms with Gasteiger partial charge in [-0.1, -0.05) is 0 Å². The molecule has 1 fully saturated rings. The lowest BCUT2D eigenvalue weighted by atomic mass is 10.2. The molecule has 0 spiro atoms. The summed E-state index contributed by atoms with van der Waals surface area (Å²) < 4.78 is 4.81. The fourth-order valence-electron chi connectivity index (χ4n) is 0.809. The van der Waals surface area contributed by atoms with Gasteiger partial charge in [-0.05, 0) is 0 Å². The maximum Gasteiger partial charge on any atom is 0.131 e. The summed E-state index contributed by atoms with van der Waals surface area (Å²) in [7, 11) is 0. The van der Waals surface area contributed by atoms with E-state index in [1.165, 1.54) is 6.61 Å². The molecule has 4 N–H and O–H groups in total. The first-order valence-corrected chi connectivity index (χ1v) is 3.43. The van der Waals surface area contributed by atoms with E-state index in [9.17, 15) is 0 Å². The van der Waals surface area contributed by atoms with E-state index in [-0.39, 0.29) is 5.25 Å². The highest BCUT2D eigenvalue weighted by molar-refractivity contribution is 7.81. The van der Waals surface area contributed by atoms with Crippen LogP contribution in [0.5, 0.6) is 0 Å². The predicted octanol–water partition coefficient (Wildman–Crippen LogP) is -1.52. The molecule has 1 unspecified atom stereocenters. The van der Waals surface area contributed by atoms with E-state index in [4.69, 9.17) is 20.7 Å². The molecule has 0 saturated carbocycles. The molecule has 1 heterocycles. The molecule has 0 aromatic heterocycles. The molecule has 1 aliphatic rings. The van der Waals surface area contributed by atoms with Gasteiger partial charge in [-0.2, -0.15) is 12.6 Å². The van der Waals surface area contributed by atoms with Crippen molar-refractivity contribution in [2.45, 2.75) is 23.7 Å². The molecule has 0 aromatic rings. The van der Waals surface area contributed by atoms with Gasteiger partial charge in [-0.3, -0.25) is 0 Å². The molecular formula is C5H10NO3S. The Kier molecular flexibility index (Phi) is 2.54. The van der Waals surface area contributed by atoms with Crippen molar-refractivity contribution in [1.29, 1.82) is 0 Å². The Hall–Kier alpha value is 0.190. The zero-order valence-electron chi connectivity index (χ0n) is 5.21. The third kappa shape index (κ3) is 1.43. The van der Waals surface area contributed by atoms with Crippen LogP contribution in [0.4, 0.5) is 0 Å². The Morgan fingerprint density at radius 2 is 2.30 bits per heavy atom. The fourth-order valence-corrected chi connectivity index (χ4v) is 1.05. The van der Waals surface area contributed by atoms with Crippen molar-refractivity contribution < 1.29 is 14.9 Å². The highest BCUT2D eigenvalue weighted by Gasteiger charge is 2.37. The molecule has 1 radical (unpaired) electrons. The van der Waals surface area contributed by atoms with Crippen LogP contribution in [-0.4, -0.2) is 33.9 Å². The molecule has 10 heavy (non-hydrogen) atoms. The van der Waals surface area contributed by atoms with Crippen LogP contribution in [0.3, 0.4) is 0 Å². The van der Waals surface area contributed by atoms with Crippen molar-refractivity contribution in [2.75, 3.05) is 0 Å². The summed E-state index contributed by atoms with van der Waals surface area (Å²) in [6.45, 7) is 1.36. The van der Waals surface area contributed by atoms with Crippen LogP contribution in [0.25, 0.3) is 0 Å². The van der Waals surface area contributed by atoms with Gasteiger partial charge >= 0.3 is 0 Å². The third-order valence-corrected chi connectivity index (χ3v) is 1.83. The first kappa shape index (κ1) is 8.29. The van der Waals surface area contributed by atoms with Crippen molar-refractivity contribution >= 4 is 12.6 Å². The van der Waals surface area contributed by atoms with Crippen LogP contribution in [0.1, 0.15) is 0 Å². The van der Waals surface area contributed by atoms with Crippen molar-refractivity contribution in [1.82, 2.24) is 0 Å². The Morgan fingerprint density at radius 1 is 1.70 bits per heavy atom. The average molecular weight is 164 g/mol. The molecule has 0 bridgehead atoms. The lowest BCUT2D eigenvalue weighted by Crippen LogP contribution is -2.42. The zero-order chi connectivity index (χ0) is 7.72. The minimum absolute atomic E-state index is 0.358.